The van der Waals surface area contributed by atoms with E-state index >= 15 is 0 Å². The van der Waals surface area contributed by atoms with Crippen LogP contribution in [0.2, 0.25) is 0 Å². The average Bonchev–Trinajstić information content (AvgIpc) is 2.36. The Balaban J connectivity index is 3.27. The number of hydrogen-bond donors (Lipinski definition) is 3. The molecule has 0 aliphatic rings. The van der Waals surface area contributed by atoms with E-state index in [2.05, 4.69) is 0 Å². The van der Waals surface area contributed by atoms with Crippen molar-refractivity contribution in [3.63, 3.8) is 0 Å². The molecule has 0 fully saturated rings. The third-order valence-electron chi connectivity index (χ3n) is 2.84. The van der Waals surface area contributed by atoms with Crippen LogP contribution in [0.25, 0.3) is 0 Å². The summed E-state index contributed by atoms with van der Waals surface area (Å²) in [4.78, 5) is 10.9. The molecule has 0 bridgehead atoms. The fourth-order valence-corrected chi connectivity index (χ4v) is 2.89. The Morgan fingerprint density at radius 3 is 2.47 bits per heavy atom. The number of benzene rings is 1. The molecule has 8 heteroatoms. The van der Waals surface area contributed by atoms with Crippen molar-refractivity contribution in [1.82, 2.24) is 4.31 Å². The summed E-state index contributed by atoms with van der Waals surface area (Å²) in [5.41, 5.74) is 10.8. The van der Waals surface area contributed by atoms with E-state index in [1.807, 2.05) is 0 Å². The van der Waals surface area contributed by atoms with Gasteiger partial charge in [-0.05, 0) is 25.1 Å². The topological polar surface area (TPSA) is 127 Å². The molecule has 0 heterocycles. The van der Waals surface area contributed by atoms with Gasteiger partial charge < -0.3 is 16.6 Å². The van der Waals surface area contributed by atoms with E-state index in [9.17, 15) is 13.2 Å². The third-order valence-corrected chi connectivity index (χ3v) is 4.88. The monoisotopic (exact) mass is 287 g/mol. The fourth-order valence-electron chi connectivity index (χ4n) is 1.44. The Hall–Kier alpha value is -1.64. The average molecular weight is 287 g/mol. The van der Waals surface area contributed by atoms with Crippen LogP contribution in [0.3, 0.4) is 0 Å². The predicted molar refractivity (Wildman–Crippen MR) is 70.9 cm³/mol. The number of nitrogens with zero attached hydrogens (tertiary/aromatic N) is 1. The number of amides is 1. The third kappa shape index (κ3) is 3.03. The van der Waals surface area contributed by atoms with E-state index < -0.39 is 22.0 Å². The molecule has 0 spiro atoms. The Morgan fingerprint density at radius 1 is 1.47 bits per heavy atom. The highest BCUT2D eigenvalue weighted by Crippen LogP contribution is 2.23. The Morgan fingerprint density at radius 2 is 2.05 bits per heavy atom. The standard InChI is InChI=1S/C11H17N3O4S/c1-7(6-15)14(2)19(17,18)10-4-3-8(11(13)16)5-9(10)12/h3-5,7,15H,6,12H2,1-2H3,(H2,13,16). The number of nitrogens with two attached hydrogens (primary N) is 2. The number of likely N-dealkylation sites (N-methyl/N-ethyl adjacent to an activating group) is 1. The van der Waals surface area contributed by atoms with Crippen LogP contribution in [0.1, 0.15) is 17.3 Å². The number of aliphatic hydroxyl groups excluding tert-OH is 1. The number of carbonyl (C=O) groups excluding carboxylic acids is 1. The minimum absolute atomic E-state index is 0.0618. The molecule has 0 saturated heterocycles. The first-order valence-electron chi connectivity index (χ1n) is 5.50. The van der Waals surface area contributed by atoms with E-state index in [0.717, 1.165) is 4.31 Å². The van der Waals surface area contributed by atoms with Crippen molar-refractivity contribution in [3.05, 3.63) is 23.8 Å². The molecule has 106 valence electrons. The molecule has 0 saturated carbocycles. The molecule has 19 heavy (non-hydrogen) atoms. The van der Waals surface area contributed by atoms with Crippen molar-refractivity contribution in [1.29, 1.82) is 0 Å². The summed E-state index contributed by atoms with van der Waals surface area (Å²) < 4.78 is 25.5. The zero-order valence-electron chi connectivity index (χ0n) is 10.7. The summed E-state index contributed by atoms with van der Waals surface area (Å²) in [5, 5.41) is 9.00. The number of carbonyl (C=O) groups is 1. The molecule has 0 aliphatic carbocycles. The van der Waals surface area contributed by atoms with Crippen LogP contribution in [0.5, 0.6) is 0 Å². The molecular weight excluding hydrogens is 270 g/mol. The molecule has 0 aliphatic heterocycles. The van der Waals surface area contributed by atoms with E-state index in [4.69, 9.17) is 16.6 Å². The second kappa shape index (κ2) is 5.55. The van der Waals surface area contributed by atoms with Crippen molar-refractivity contribution < 1.29 is 18.3 Å². The molecule has 5 N–H and O–H groups in total. The molecule has 0 aromatic heterocycles. The zero-order valence-corrected chi connectivity index (χ0v) is 11.5. The van der Waals surface area contributed by atoms with Gasteiger partial charge in [0.1, 0.15) is 4.90 Å². The van der Waals surface area contributed by atoms with Crippen LogP contribution in [0, 0.1) is 0 Å². The van der Waals surface area contributed by atoms with Gasteiger partial charge in [0.05, 0.1) is 12.3 Å². The Bertz CT molecular complexity index is 586. The number of anilines is 1. The quantitative estimate of drug-likeness (QED) is 0.621. The largest absolute Gasteiger partial charge is 0.398 e. The van der Waals surface area contributed by atoms with E-state index in [-0.39, 0.29) is 22.8 Å². The Labute approximate surface area is 111 Å². The lowest BCUT2D eigenvalue weighted by Crippen LogP contribution is -2.37. The molecule has 7 nitrogen and oxygen atoms in total. The van der Waals surface area contributed by atoms with Gasteiger partial charge in [-0.1, -0.05) is 0 Å². The fraction of sp³-hybridized carbons (Fsp3) is 0.364. The first-order chi connectivity index (χ1) is 8.71. The maximum Gasteiger partial charge on any atom is 0.248 e. The van der Waals surface area contributed by atoms with Crippen LogP contribution in [-0.2, 0) is 10.0 Å². The van der Waals surface area contributed by atoms with E-state index in [1.54, 1.807) is 6.92 Å². The molecular formula is C11H17N3O4S. The van der Waals surface area contributed by atoms with Crippen molar-refractivity contribution >= 4 is 21.6 Å². The van der Waals surface area contributed by atoms with Crippen LogP contribution in [0.15, 0.2) is 23.1 Å². The van der Waals surface area contributed by atoms with Crippen LogP contribution in [0.4, 0.5) is 5.69 Å². The highest BCUT2D eigenvalue weighted by Gasteiger charge is 2.27. The van der Waals surface area contributed by atoms with E-state index in [1.165, 1.54) is 25.2 Å². The molecule has 0 radical (unpaired) electrons. The SMILES string of the molecule is CC(CO)N(C)S(=O)(=O)c1ccc(C(N)=O)cc1N. The first kappa shape index (κ1) is 15.4. The Kier molecular flexibility index (Phi) is 4.51. The highest BCUT2D eigenvalue weighted by atomic mass is 32.2. The molecule has 1 aromatic rings. The number of nitrogen functional groups attached to an aromatic ring is 1. The van der Waals surface area contributed by atoms with Crippen molar-refractivity contribution in [2.45, 2.75) is 17.9 Å². The molecule has 1 amide bonds. The second-order valence-electron chi connectivity index (χ2n) is 4.17. The van der Waals surface area contributed by atoms with Gasteiger partial charge in [-0.2, -0.15) is 4.31 Å². The van der Waals surface area contributed by atoms with E-state index in [0.29, 0.717) is 0 Å². The van der Waals surface area contributed by atoms with Gasteiger partial charge in [-0.15, -0.1) is 0 Å². The lowest BCUT2D eigenvalue weighted by molar-refractivity contribution is 0.1000. The summed E-state index contributed by atoms with van der Waals surface area (Å²) in [6.45, 7) is 1.25. The molecule has 1 unspecified atom stereocenters. The lowest BCUT2D eigenvalue weighted by atomic mass is 10.2. The van der Waals surface area contributed by atoms with Gasteiger partial charge in [-0.25, -0.2) is 8.42 Å². The van der Waals surface area contributed by atoms with Crippen LogP contribution >= 0.6 is 0 Å². The van der Waals surface area contributed by atoms with Gasteiger partial charge in [0, 0.05) is 18.7 Å². The number of sulfonamides is 1. The summed E-state index contributed by atoms with van der Waals surface area (Å²) in [6, 6.07) is 3.15. The lowest BCUT2D eigenvalue weighted by Gasteiger charge is -2.23. The molecule has 1 atom stereocenters. The summed E-state index contributed by atoms with van der Waals surface area (Å²) in [7, 11) is -2.48. The number of rotatable bonds is 5. The maximum absolute atomic E-state index is 12.3. The van der Waals surface area contributed by atoms with Gasteiger partial charge >= 0.3 is 0 Å². The number of primary amides is 1. The molecule has 1 aromatic carbocycles. The summed E-state index contributed by atoms with van der Waals surface area (Å²) in [6.07, 6.45) is 0. The number of hydrogen-bond acceptors (Lipinski definition) is 5. The zero-order chi connectivity index (χ0) is 14.8. The van der Waals surface area contributed by atoms with Crippen LogP contribution in [-0.4, -0.2) is 43.4 Å². The second-order valence-corrected chi connectivity index (χ2v) is 6.14. The van der Waals surface area contributed by atoms with Gasteiger partial charge in [0.25, 0.3) is 0 Å². The maximum atomic E-state index is 12.3. The minimum Gasteiger partial charge on any atom is -0.398 e. The minimum atomic E-state index is -3.83. The number of aliphatic hydroxyl groups is 1. The van der Waals surface area contributed by atoms with Crippen molar-refractivity contribution in [3.8, 4) is 0 Å². The highest BCUT2D eigenvalue weighted by molar-refractivity contribution is 7.89. The smallest absolute Gasteiger partial charge is 0.248 e. The first-order valence-corrected chi connectivity index (χ1v) is 6.94. The van der Waals surface area contributed by atoms with Gasteiger partial charge in [-0.3, -0.25) is 4.79 Å². The van der Waals surface area contributed by atoms with Gasteiger partial charge in [0.15, 0.2) is 0 Å². The van der Waals surface area contributed by atoms with Crippen molar-refractivity contribution in [2.75, 3.05) is 19.4 Å². The predicted octanol–water partition coefficient (Wildman–Crippen LogP) is -0.631. The van der Waals surface area contributed by atoms with Crippen molar-refractivity contribution in [2.24, 2.45) is 5.73 Å². The summed E-state index contributed by atoms with van der Waals surface area (Å²) in [5.74, 6) is -0.687. The normalized spacial score (nSPS) is 13.5. The van der Waals surface area contributed by atoms with Gasteiger partial charge in [0.2, 0.25) is 15.9 Å². The summed E-state index contributed by atoms with van der Waals surface area (Å²) >= 11 is 0. The molecule has 1 rings (SSSR count). The van der Waals surface area contributed by atoms with Crippen LogP contribution < -0.4 is 11.5 Å².